The molecule has 6 aromatic carbocycles. The Hall–Kier alpha value is -6.56. The maximum Gasteiger partial charge on any atom is 0.268 e. The third kappa shape index (κ3) is 13.4. The number of hydrogen-bond donors (Lipinski definition) is 3. The molecule has 4 atom stereocenters. The number of aromatic nitrogens is 1. The quantitative estimate of drug-likeness (QED) is 0.0548. The zero-order valence-corrected chi connectivity index (χ0v) is 42.4. The van der Waals surface area contributed by atoms with Gasteiger partial charge in [-0.05, 0) is 117 Å². The molecule has 0 aliphatic heterocycles. The minimum Gasteiger partial charge on any atom is -0.359 e. The van der Waals surface area contributed by atoms with E-state index in [1.54, 1.807) is 19.3 Å². The molecule has 0 unspecified atom stereocenters. The molecule has 7 aromatic rings. The van der Waals surface area contributed by atoms with Gasteiger partial charge in [0, 0.05) is 55.6 Å². The van der Waals surface area contributed by atoms with E-state index in [1.807, 2.05) is 120 Å². The fourth-order valence-electron chi connectivity index (χ4n) is 10.1. The van der Waals surface area contributed by atoms with Crippen LogP contribution in [0, 0.1) is 32.6 Å². The van der Waals surface area contributed by atoms with E-state index < -0.39 is 22.0 Å². The minimum absolute atomic E-state index is 0.0940. The standard InChI is InChI=1S/C59H69N5O5S/c1-41-31-42(2)57(43(3)32-41)70(68,69)64-40-52(54-26-15-16-27-55(54)64)37-51(34-45(5)61-56(65)36-48-28-29-49-23-13-14-24-50(49)35-48)59(67)62-53(33-44(4)58(66)60-6)25-17-18-30-63(38-46-19-9-7-10-20-46)39-47-21-11-8-12-22-47/h7-16,19-24,26-29,31-32,35,40,44-45,51,53H,17-18,25,30,33-34,36-39H2,1-6H3,(H,60,66)(H,61,65)(H,62,67)/t44-,45+,51-,53+/m1/s1. The molecule has 0 spiro atoms. The first-order chi connectivity index (χ1) is 33.7. The lowest BCUT2D eigenvalue weighted by Crippen LogP contribution is -2.44. The fraction of sp³-hybridized carbons (Fsp3) is 0.339. The summed E-state index contributed by atoms with van der Waals surface area (Å²) < 4.78 is 30.6. The van der Waals surface area contributed by atoms with E-state index in [2.05, 4.69) is 69.4 Å². The normalized spacial score (nSPS) is 13.5. The summed E-state index contributed by atoms with van der Waals surface area (Å²) >= 11 is 0. The highest BCUT2D eigenvalue weighted by atomic mass is 32.2. The van der Waals surface area contributed by atoms with Crippen molar-refractivity contribution >= 4 is 49.4 Å². The second kappa shape index (κ2) is 23.8. The molecule has 3 N–H and O–H groups in total. The molecule has 0 saturated carbocycles. The van der Waals surface area contributed by atoms with E-state index in [0.29, 0.717) is 41.5 Å². The molecule has 1 heterocycles. The van der Waals surface area contributed by atoms with Gasteiger partial charge in [0.1, 0.15) is 0 Å². The van der Waals surface area contributed by atoms with Gasteiger partial charge < -0.3 is 16.0 Å². The van der Waals surface area contributed by atoms with Crippen LogP contribution >= 0.6 is 0 Å². The van der Waals surface area contributed by atoms with Gasteiger partial charge in [-0.25, -0.2) is 12.4 Å². The summed E-state index contributed by atoms with van der Waals surface area (Å²) in [7, 11) is -2.41. The van der Waals surface area contributed by atoms with Crippen molar-refractivity contribution in [2.75, 3.05) is 13.6 Å². The fourth-order valence-corrected chi connectivity index (χ4v) is 11.9. The van der Waals surface area contributed by atoms with Gasteiger partial charge in [-0.1, -0.05) is 152 Å². The summed E-state index contributed by atoms with van der Waals surface area (Å²) in [5.41, 5.74) is 6.93. The van der Waals surface area contributed by atoms with E-state index >= 15 is 0 Å². The van der Waals surface area contributed by atoms with Gasteiger partial charge in [-0.15, -0.1) is 0 Å². The minimum atomic E-state index is -4.04. The number of aryl methyl sites for hydroxylation is 3. The van der Waals surface area contributed by atoms with Crippen LogP contribution in [0.1, 0.15) is 84.9 Å². The molecule has 0 radical (unpaired) electrons. The summed E-state index contributed by atoms with van der Waals surface area (Å²) in [5.74, 6) is -1.47. The topological polar surface area (TPSA) is 130 Å². The summed E-state index contributed by atoms with van der Waals surface area (Å²) in [6, 6.07) is 45.5. The number of nitrogens with zero attached hydrogens (tertiary/aromatic N) is 2. The first-order valence-corrected chi connectivity index (χ1v) is 26.1. The maximum atomic E-state index is 15.0. The Morgan fingerprint density at radius 3 is 1.93 bits per heavy atom. The van der Waals surface area contributed by atoms with Gasteiger partial charge in [0.25, 0.3) is 10.0 Å². The zero-order valence-electron chi connectivity index (χ0n) is 41.6. The van der Waals surface area contributed by atoms with Crippen LogP contribution in [0.3, 0.4) is 0 Å². The van der Waals surface area contributed by atoms with Crippen LogP contribution in [0.2, 0.25) is 0 Å². The third-order valence-corrected chi connectivity index (χ3v) is 15.4. The van der Waals surface area contributed by atoms with Crippen molar-refractivity contribution in [2.45, 2.75) is 110 Å². The number of rotatable bonds is 23. The molecule has 366 valence electrons. The molecular formula is C59H69N5O5S. The molecule has 3 amide bonds. The first kappa shape index (κ1) is 51.3. The number of hydrogen-bond acceptors (Lipinski definition) is 6. The van der Waals surface area contributed by atoms with Crippen molar-refractivity contribution in [3.8, 4) is 0 Å². The van der Waals surface area contributed by atoms with E-state index in [-0.39, 0.29) is 47.4 Å². The molecule has 10 nitrogen and oxygen atoms in total. The number of para-hydroxylation sites is 1. The van der Waals surface area contributed by atoms with Gasteiger partial charge in [0.15, 0.2) is 0 Å². The molecule has 11 heteroatoms. The Kier molecular flexibility index (Phi) is 17.5. The predicted molar refractivity (Wildman–Crippen MR) is 283 cm³/mol. The van der Waals surface area contributed by atoms with Crippen molar-refractivity contribution in [3.05, 3.63) is 185 Å². The Morgan fingerprint density at radius 2 is 1.27 bits per heavy atom. The highest BCUT2D eigenvalue weighted by Crippen LogP contribution is 2.32. The second-order valence-corrected chi connectivity index (χ2v) is 21.0. The molecule has 1 aromatic heterocycles. The van der Waals surface area contributed by atoms with Crippen LogP contribution in [-0.4, -0.2) is 60.7 Å². The number of nitrogens with one attached hydrogen (secondary N) is 3. The first-order valence-electron chi connectivity index (χ1n) is 24.7. The van der Waals surface area contributed by atoms with Crippen LogP contribution in [0.4, 0.5) is 0 Å². The highest BCUT2D eigenvalue weighted by Gasteiger charge is 2.30. The molecular weight excluding hydrogens is 891 g/mol. The van der Waals surface area contributed by atoms with Crippen molar-refractivity contribution in [3.63, 3.8) is 0 Å². The van der Waals surface area contributed by atoms with E-state index in [4.69, 9.17) is 0 Å². The smallest absolute Gasteiger partial charge is 0.268 e. The maximum absolute atomic E-state index is 15.0. The van der Waals surface area contributed by atoms with Crippen LogP contribution < -0.4 is 16.0 Å². The van der Waals surface area contributed by atoms with Gasteiger partial charge in [-0.2, -0.15) is 0 Å². The van der Waals surface area contributed by atoms with Crippen molar-refractivity contribution < 1.29 is 22.8 Å². The molecule has 0 fully saturated rings. The lowest BCUT2D eigenvalue weighted by molar-refractivity contribution is -0.128. The van der Waals surface area contributed by atoms with Crippen LogP contribution in [0.5, 0.6) is 0 Å². The SMILES string of the molecule is CNC(=O)[C@H](C)C[C@H](CCCCN(Cc1ccccc1)Cc1ccccc1)NC(=O)[C@@H](Cc1cn(S(=O)(=O)c2c(C)cc(C)cc2C)c2ccccc12)C[C@H](C)NC(=O)Cc1ccc2ccccc2c1. The number of benzene rings is 6. The molecule has 0 aliphatic rings. The predicted octanol–water partition coefficient (Wildman–Crippen LogP) is 10.4. The van der Waals surface area contributed by atoms with E-state index in [1.165, 1.54) is 15.1 Å². The van der Waals surface area contributed by atoms with Gasteiger partial charge >= 0.3 is 0 Å². The monoisotopic (exact) mass is 960 g/mol. The summed E-state index contributed by atoms with van der Waals surface area (Å²) in [6.07, 6.45) is 5.18. The zero-order chi connectivity index (χ0) is 49.8. The average molecular weight is 960 g/mol. The number of amides is 3. The summed E-state index contributed by atoms with van der Waals surface area (Å²) in [4.78, 5) is 44.3. The largest absolute Gasteiger partial charge is 0.359 e. The van der Waals surface area contributed by atoms with Gasteiger partial charge in [-0.3, -0.25) is 19.3 Å². The van der Waals surface area contributed by atoms with Gasteiger partial charge in [0.05, 0.1) is 16.8 Å². The van der Waals surface area contributed by atoms with Gasteiger partial charge in [0.2, 0.25) is 17.7 Å². The van der Waals surface area contributed by atoms with E-state index in [0.717, 1.165) is 59.8 Å². The molecule has 0 bridgehead atoms. The Labute approximate surface area is 414 Å². The Balaban J connectivity index is 1.14. The van der Waals surface area contributed by atoms with Crippen LogP contribution in [0.15, 0.2) is 151 Å². The van der Waals surface area contributed by atoms with Crippen molar-refractivity contribution in [1.82, 2.24) is 24.8 Å². The number of unbranched alkanes of at least 4 members (excludes halogenated alkanes) is 1. The second-order valence-electron chi connectivity index (χ2n) is 19.3. The Bertz CT molecular complexity index is 2940. The third-order valence-electron chi connectivity index (χ3n) is 13.4. The van der Waals surface area contributed by atoms with Crippen molar-refractivity contribution in [2.24, 2.45) is 11.8 Å². The molecule has 7 rings (SSSR count). The lowest BCUT2D eigenvalue weighted by atomic mass is 9.90. The lowest BCUT2D eigenvalue weighted by Gasteiger charge is -2.27. The molecule has 70 heavy (non-hydrogen) atoms. The van der Waals surface area contributed by atoms with E-state index in [9.17, 15) is 22.8 Å². The summed E-state index contributed by atoms with van der Waals surface area (Å²) in [5, 5.41) is 12.2. The Morgan fingerprint density at radius 1 is 0.657 bits per heavy atom. The number of carbonyl (C=O) groups is 3. The number of carbonyl (C=O) groups excluding carboxylic acids is 3. The van der Waals surface area contributed by atoms with Crippen LogP contribution in [-0.2, 0) is 50.3 Å². The molecule has 0 saturated heterocycles. The highest BCUT2D eigenvalue weighted by molar-refractivity contribution is 7.90. The number of fused-ring (bicyclic) bond motifs is 2. The van der Waals surface area contributed by atoms with Crippen LogP contribution in [0.25, 0.3) is 21.7 Å². The van der Waals surface area contributed by atoms with Crippen molar-refractivity contribution in [1.29, 1.82) is 0 Å². The summed E-state index contributed by atoms with van der Waals surface area (Å²) in [6.45, 7) is 11.9. The average Bonchev–Trinajstić information content (AvgIpc) is 3.71. The molecule has 0 aliphatic carbocycles.